The van der Waals surface area contributed by atoms with Crippen molar-refractivity contribution < 1.29 is 9.21 Å². The maximum absolute atomic E-state index is 12.1. The van der Waals surface area contributed by atoms with E-state index in [4.69, 9.17) is 4.42 Å². The second-order valence-corrected chi connectivity index (χ2v) is 4.12. The maximum Gasteiger partial charge on any atom is 0.188 e. The Morgan fingerprint density at radius 1 is 1.17 bits per heavy atom. The van der Waals surface area contributed by atoms with Gasteiger partial charge in [-0.1, -0.05) is 12.1 Å². The molecule has 0 bridgehead atoms. The van der Waals surface area contributed by atoms with Gasteiger partial charge in [-0.25, -0.2) is 0 Å². The molecule has 1 heterocycles. The summed E-state index contributed by atoms with van der Waals surface area (Å²) in [7, 11) is 3.84. The first kappa shape index (κ1) is 12.2. The first-order chi connectivity index (χ1) is 8.68. The predicted molar refractivity (Wildman–Crippen MR) is 72.8 cm³/mol. The molecule has 0 spiro atoms. The smallest absolute Gasteiger partial charge is 0.188 e. The Balaban J connectivity index is 2.24. The van der Waals surface area contributed by atoms with Crippen LogP contribution >= 0.6 is 0 Å². The van der Waals surface area contributed by atoms with E-state index >= 15 is 0 Å². The van der Waals surface area contributed by atoms with E-state index in [1.807, 2.05) is 49.3 Å². The lowest BCUT2D eigenvalue weighted by Crippen LogP contribution is -2.12. The number of allylic oxidation sites excluding steroid dienone is 1. The molecule has 0 unspecified atom stereocenters. The summed E-state index contributed by atoms with van der Waals surface area (Å²) in [6.07, 6.45) is 4.79. The van der Waals surface area contributed by atoms with Crippen molar-refractivity contribution in [1.82, 2.24) is 0 Å². The Bertz CT molecular complexity index is 554. The van der Waals surface area contributed by atoms with Crippen LogP contribution < -0.4 is 4.90 Å². The van der Waals surface area contributed by atoms with Crippen LogP contribution in [-0.4, -0.2) is 19.9 Å². The summed E-state index contributed by atoms with van der Waals surface area (Å²) in [6, 6.07) is 11.1. The number of ketones is 1. The molecule has 18 heavy (non-hydrogen) atoms. The summed E-state index contributed by atoms with van der Waals surface area (Å²) in [5.41, 5.74) is 1.59. The zero-order valence-electron chi connectivity index (χ0n) is 10.5. The van der Waals surface area contributed by atoms with Gasteiger partial charge in [0.15, 0.2) is 5.78 Å². The second-order valence-electron chi connectivity index (χ2n) is 4.12. The molecule has 1 aromatic heterocycles. The third-order valence-electron chi connectivity index (χ3n) is 2.59. The molecule has 92 valence electrons. The maximum atomic E-state index is 12.1. The van der Waals surface area contributed by atoms with Crippen molar-refractivity contribution in [3.05, 3.63) is 60.1 Å². The normalized spacial score (nSPS) is 10.8. The molecule has 0 saturated heterocycles. The van der Waals surface area contributed by atoms with Gasteiger partial charge in [0.2, 0.25) is 0 Å². The van der Waals surface area contributed by atoms with E-state index in [2.05, 4.69) is 0 Å². The Morgan fingerprint density at radius 2 is 1.94 bits per heavy atom. The number of benzene rings is 1. The molecule has 0 aliphatic carbocycles. The van der Waals surface area contributed by atoms with Crippen molar-refractivity contribution >= 4 is 17.5 Å². The molecule has 0 radical (unpaired) electrons. The largest absolute Gasteiger partial charge is 0.465 e. The standard InChI is InChI=1S/C15H15NO2/c1-16(2)14-8-4-3-7-13(14)15(17)10-9-12-6-5-11-18-12/h3-11H,1-2H3/b10-9+. The van der Waals surface area contributed by atoms with Crippen molar-refractivity contribution in [2.24, 2.45) is 0 Å². The minimum atomic E-state index is -0.0318. The van der Waals surface area contributed by atoms with Crippen molar-refractivity contribution in [2.45, 2.75) is 0 Å². The van der Waals surface area contributed by atoms with E-state index < -0.39 is 0 Å². The summed E-state index contributed by atoms with van der Waals surface area (Å²) in [4.78, 5) is 14.0. The van der Waals surface area contributed by atoms with Crippen LogP contribution in [-0.2, 0) is 0 Å². The Morgan fingerprint density at radius 3 is 2.61 bits per heavy atom. The van der Waals surface area contributed by atoms with Crippen molar-refractivity contribution in [3.8, 4) is 0 Å². The van der Waals surface area contributed by atoms with Gasteiger partial charge in [-0.2, -0.15) is 0 Å². The Kier molecular flexibility index (Phi) is 3.63. The third-order valence-corrected chi connectivity index (χ3v) is 2.59. The van der Waals surface area contributed by atoms with Crippen LogP contribution in [0.25, 0.3) is 6.08 Å². The molecule has 0 atom stereocenters. The number of hydrogen-bond donors (Lipinski definition) is 0. The highest BCUT2D eigenvalue weighted by Gasteiger charge is 2.09. The molecule has 0 fully saturated rings. The Labute approximate surface area is 106 Å². The average Bonchev–Trinajstić information content (AvgIpc) is 2.89. The monoisotopic (exact) mass is 241 g/mol. The lowest BCUT2D eigenvalue weighted by molar-refractivity contribution is 0.104. The minimum absolute atomic E-state index is 0.0318. The quantitative estimate of drug-likeness (QED) is 0.608. The first-order valence-corrected chi connectivity index (χ1v) is 5.71. The number of carbonyl (C=O) groups is 1. The lowest BCUT2D eigenvalue weighted by Gasteiger charge is -2.15. The van der Waals surface area contributed by atoms with E-state index in [1.54, 1.807) is 18.4 Å². The molecular formula is C15H15NO2. The van der Waals surface area contributed by atoms with Gasteiger partial charge in [0.1, 0.15) is 5.76 Å². The number of rotatable bonds is 4. The third kappa shape index (κ3) is 2.69. The first-order valence-electron chi connectivity index (χ1n) is 5.71. The van der Waals surface area contributed by atoms with Crippen molar-refractivity contribution in [3.63, 3.8) is 0 Å². The van der Waals surface area contributed by atoms with Crippen LogP contribution in [0.15, 0.2) is 53.2 Å². The minimum Gasteiger partial charge on any atom is -0.465 e. The summed E-state index contributed by atoms with van der Waals surface area (Å²) < 4.78 is 5.15. The van der Waals surface area contributed by atoms with Gasteiger partial charge in [0.05, 0.1) is 6.26 Å². The van der Waals surface area contributed by atoms with Crippen molar-refractivity contribution in [1.29, 1.82) is 0 Å². The van der Waals surface area contributed by atoms with Gasteiger partial charge in [0.25, 0.3) is 0 Å². The summed E-state index contributed by atoms with van der Waals surface area (Å²) in [6.45, 7) is 0. The zero-order valence-corrected chi connectivity index (χ0v) is 10.5. The SMILES string of the molecule is CN(C)c1ccccc1C(=O)/C=C/c1ccco1. The molecule has 2 rings (SSSR count). The number of nitrogens with zero attached hydrogens (tertiary/aromatic N) is 1. The average molecular weight is 241 g/mol. The molecular weight excluding hydrogens is 226 g/mol. The predicted octanol–water partition coefficient (Wildman–Crippen LogP) is 3.24. The van der Waals surface area contributed by atoms with Gasteiger partial charge in [-0.3, -0.25) is 4.79 Å². The highest BCUT2D eigenvalue weighted by molar-refractivity contribution is 6.10. The number of furan rings is 1. The number of para-hydroxylation sites is 1. The molecule has 0 saturated carbocycles. The molecule has 2 aromatic rings. The highest BCUT2D eigenvalue weighted by atomic mass is 16.3. The number of anilines is 1. The fraction of sp³-hybridized carbons (Fsp3) is 0.133. The Hall–Kier alpha value is -2.29. The zero-order chi connectivity index (χ0) is 13.0. The van der Waals surface area contributed by atoms with Gasteiger partial charge in [-0.05, 0) is 36.4 Å². The molecule has 0 amide bonds. The van der Waals surface area contributed by atoms with Crippen LogP contribution in [0.5, 0.6) is 0 Å². The molecule has 0 aliphatic heterocycles. The summed E-state index contributed by atoms with van der Waals surface area (Å²) in [5.74, 6) is 0.640. The van der Waals surface area contributed by atoms with Gasteiger partial charge >= 0.3 is 0 Å². The van der Waals surface area contributed by atoms with Crippen LogP contribution in [0.3, 0.4) is 0 Å². The van der Waals surface area contributed by atoms with E-state index in [0.29, 0.717) is 11.3 Å². The lowest BCUT2D eigenvalue weighted by atomic mass is 10.1. The number of carbonyl (C=O) groups excluding carboxylic acids is 1. The van der Waals surface area contributed by atoms with Crippen LogP contribution in [0.2, 0.25) is 0 Å². The molecule has 3 heteroatoms. The number of hydrogen-bond acceptors (Lipinski definition) is 3. The molecule has 0 aliphatic rings. The highest BCUT2D eigenvalue weighted by Crippen LogP contribution is 2.19. The van der Waals surface area contributed by atoms with Crippen LogP contribution in [0.4, 0.5) is 5.69 Å². The topological polar surface area (TPSA) is 33.5 Å². The van der Waals surface area contributed by atoms with E-state index in [-0.39, 0.29) is 5.78 Å². The summed E-state index contributed by atoms with van der Waals surface area (Å²) in [5, 5.41) is 0. The van der Waals surface area contributed by atoms with Crippen LogP contribution in [0, 0.1) is 0 Å². The molecule has 1 aromatic carbocycles. The van der Waals surface area contributed by atoms with Crippen LogP contribution in [0.1, 0.15) is 16.1 Å². The van der Waals surface area contributed by atoms with Gasteiger partial charge in [-0.15, -0.1) is 0 Å². The van der Waals surface area contributed by atoms with Gasteiger partial charge < -0.3 is 9.32 Å². The van der Waals surface area contributed by atoms with Crippen molar-refractivity contribution in [2.75, 3.05) is 19.0 Å². The van der Waals surface area contributed by atoms with Gasteiger partial charge in [0, 0.05) is 25.3 Å². The summed E-state index contributed by atoms with van der Waals surface area (Å²) >= 11 is 0. The molecule has 3 nitrogen and oxygen atoms in total. The van der Waals surface area contributed by atoms with E-state index in [0.717, 1.165) is 5.69 Å². The fourth-order valence-corrected chi connectivity index (χ4v) is 1.71. The van der Waals surface area contributed by atoms with E-state index in [1.165, 1.54) is 6.08 Å². The van der Waals surface area contributed by atoms with E-state index in [9.17, 15) is 4.79 Å². The molecule has 0 N–H and O–H groups in total. The second kappa shape index (κ2) is 5.36. The fourth-order valence-electron chi connectivity index (χ4n) is 1.71.